The van der Waals surface area contributed by atoms with Crippen molar-refractivity contribution in [3.63, 3.8) is 0 Å². The molecule has 0 aromatic heterocycles. The van der Waals surface area contributed by atoms with Crippen LogP contribution >= 0.6 is 0 Å². The van der Waals surface area contributed by atoms with Crippen LogP contribution in [0, 0.1) is 12.7 Å². The number of hydrogen-bond acceptors (Lipinski definition) is 4. The van der Waals surface area contributed by atoms with E-state index in [0.29, 0.717) is 12.2 Å². The van der Waals surface area contributed by atoms with Gasteiger partial charge < -0.3 is 10.2 Å². The molecular formula is C25H34FN3O4S. The maximum Gasteiger partial charge on any atom is 0.242 e. The summed E-state index contributed by atoms with van der Waals surface area (Å²) in [5.74, 6) is -0.936. The Bertz CT molecular complexity index is 1070. The van der Waals surface area contributed by atoms with Crippen molar-refractivity contribution in [2.75, 3.05) is 23.7 Å². The van der Waals surface area contributed by atoms with E-state index in [2.05, 4.69) is 5.32 Å². The zero-order valence-electron chi connectivity index (χ0n) is 20.3. The first kappa shape index (κ1) is 27.3. The summed E-state index contributed by atoms with van der Waals surface area (Å²) in [4.78, 5) is 27.3. The summed E-state index contributed by atoms with van der Waals surface area (Å²) in [5, 5.41) is 2.83. The minimum Gasteiger partial charge on any atom is -0.354 e. The van der Waals surface area contributed by atoms with E-state index < -0.39 is 21.9 Å². The third kappa shape index (κ3) is 8.13. The van der Waals surface area contributed by atoms with Gasteiger partial charge in [-0.15, -0.1) is 0 Å². The molecule has 0 heterocycles. The fraction of sp³-hybridized carbons (Fsp3) is 0.440. The molecular weight excluding hydrogens is 457 g/mol. The largest absolute Gasteiger partial charge is 0.354 e. The van der Waals surface area contributed by atoms with Gasteiger partial charge in [-0.1, -0.05) is 36.8 Å². The highest BCUT2D eigenvalue weighted by Crippen LogP contribution is 2.19. The van der Waals surface area contributed by atoms with E-state index in [-0.39, 0.29) is 37.7 Å². The van der Waals surface area contributed by atoms with Crippen molar-refractivity contribution in [3.05, 3.63) is 65.5 Å². The second kappa shape index (κ2) is 12.5. The molecule has 34 heavy (non-hydrogen) atoms. The van der Waals surface area contributed by atoms with Gasteiger partial charge in [-0.2, -0.15) is 0 Å². The van der Waals surface area contributed by atoms with Gasteiger partial charge in [0.25, 0.3) is 0 Å². The predicted octanol–water partition coefficient (Wildman–Crippen LogP) is 3.62. The van der Waals surface area contributed by atoms with E-state index in [1.807, 2.05) is 38.1 Å². The van der Waals surface area contributed by atoms with Crippen molar-refractivity contribution >= 4 is 27.5 Å². The second-order valence-corrected chi connectivity index (χ2v) is 10.3. The molecule has 0 fully saturated rings. The number of rotatable bonds is 12. The van der Waals surface area contributed by atoms with Crippen LogP contribution in [0.25, 0.3) is 0 Å². The number of benzene rings is 2. The van der Waals surface area contributed by atoms with Crippen molar-refractivity contribution in [1.82, 2.24) is 10.2 Å². The second-order valence-electron chi connectivity index (χ2n) is 8.39. The highest BCUT2D eigenvalue weighted by molar-refractivity contribution is 7.92. The van der Waals surface area contributed by atoms with Crippen molar-refractivity contribution in [1.29, 1.82) is 0 Å². The maximum absolute atomic E-state index is 13.3. The van der Waals surface area contributed by atoms with E-state index in [1.54, 1.807) is 6.92 Å². The molecule has 2 rings (SSSR count). The molecule has 7 nitrogen and oxygen atoms in total. The van der Waals surface area contributed by atoms with Crippen molar-refractivity contribution in [3.8, 4) is 0 Å². The zero-order chi connectivity index (χ0) is 25.3. The first-order valence-corrected chi connectivity index (χ1v) is 13.2. The first-order chi connectivity index (χ1) is 16.0. The Morgan fingerprint density at radius 1 is 1.12 bits per heavy atom. The maximum atomic E-state index is 13.3. The number of aryl methyl sites for hydroxylation is 1. The number of sulfonamides is 1. The number of anilines is 1. The number of carbonyl (C=O) groups is 2. The Hall–Kier alpha value is -2.94. The third-order valence-electron chi connectivity index (χ3n) is 5.42. The molecule has 0 spiro atoms. The lowest BCUT2D eigenvalue weighted by molar-refractivity contribution is -0.140. The summed E-state index contributed by atoms with van der Waals surface area (Å²) in [6.07, 6.45) is 2.17. The predicted molar refractivity (Wildman–Crippen MR) is 132 cm³/mol. The van der Waals surface area contributed by atoms with E-state index >= 15 is 0 Å². The Morgan fingerprint density at radius 3 is 2.38 bits per heavy atom. The molecule has 0 aliphatic heterocycles. The molecule has 0 bridgehead atoms. The average Bonchev–Trinajstić information content (AvgIpc) is 2.78. The summed E-state index contributed by atoms with van der Waals surface area (Å²) in [6.45, 7) is 6.47. The van der Waals surface area contributed by atoms with Gasteiger partial charge in [-0.3, -0.25) is 13.9 Å². The Labute approximate surface area is 202 Å². The third-order valence-corrected chi connectivity index (χ3v) is 6.61. The van der Waals surface area contributed by atoms with Gasteiger partial charge in [-0.05, 0) is 56.5 Å². The lowest BCUT2D eigenvalue weighted by Gasteiger charge is -2.29. The summed E-state index contributed by atoms with van der Waals surface area (Å²) in [6, 6.07) is 12.2. The molecule has 2 aromatic carbocycles. The first-order valence-electron chi connectivity index (χ1n) is 11.4. The van der Waals surface area contributed by atoms with Crippen LogP contribution in [0.15, 0.2) is 48.5 Å². The number of halogens is 1. The number of hydrogen-bond donors (Lipinski definition) is 1. The summed E-state index contributed by atoms with van der Waals surface area (Å²) in [7, 11) is -3.62. The molecule has 0 unspecified atom stereocenters. The van der Waals surface area contributed by atoms with Crippen molar-refractivity contribution in [2.45, 2.75) is 52.6 Å². The minimum absolute atomic E-state index is 0.0599. The lowest BCUT2D eigenvalue weighted by atomic mass is 10.1. The van der Waals surface area contributed by atoms with Gasteiger partial charge in [0, 0.05) is 26.1 Å². The lowest BCUT2D eigenvalue weighted by Crippen LogP contribution is -2.47. The normalized spacial score (nSPS) is 12.1. The number of carbonyl (C=O) groups excluding carboxylic acids is 2. The molecule has 0 aliphatic carbocycles. The molecule has 1 N–H and O–H groups in total. The van der Waals surface area contributed by atoms with Crippen LogP contribution in [0.2, 0.25) is 0 Å². The van der Waals surface area contributed by atoms with E-state index in [9.17, 15) is 22.4 Å². The summed E-state index contributed by atoms with van der Waals surface area (Å²) in [5.41, 5.74) is 2.30. The minimum atomic E-state index is -3.62. The number of nitrogens with one attached hydrogen (secondary N) is 1. The van der Waals surface area contributed by atoms with Crippen LogP contribution in [0.5, 0.6) is 0 Å². The van der Waals surface area contributed by atoms with Crippen LogP contribution in [-0.2, 0) is 26.2 Å². The van der Waals surface area contributed by atoms with E-state index in [4.69, 9.17) is 0 Å². The quantitative estimate of drug-likeness (QED) is 0.491. The molecule has 9 heteroatoms. The van der Waals surface area contributed by atoms with E-state index in [1.165, 1.54) is 29.2 Å². The van der Waals surface area contributed by atoms with Crippen LogP contribution < -0.4 is 9.62 Å². The molecule has 0 saturated carbocycles. The van der Waals surface area contributed by atoms with Crippen LogP contribution in [0.1, 0.15) is 44.2 Å². The molecule has 186 valence electrons. The van der Waals surface area contributed by atoms with Crippen LogP contribution in [-0.4, -0.2) is 50.5 Å². The van der Waals surface area contributed by atoms with Gasteiger partial charge in [0.15, 0.2) is 0 Å². The smallest absolute Gasteiger partial charge is 0.242 e. The average molecular weight is 492 g/mol. The van der Waals surface area contributed by atoms with E-state index in [0.717, 1.165) is 28.1 Å². The number of amides is 2. The Balaban J connectivity index is 2.14. The van der Waals surface area contributed by atoms with Gasteiger partial charge in [0.1, 0.15) is 11.9 Å². The fourth-order valence-electron chi connectivity index (χ4n) is 3.60. The van der Waals surface area contributed by atoms with Crippen molar-refractivity contribution < 1.29 is 22.4 Å². The number of nitrogens with zero attached hydrogens (tertiary/aromatic N) is 2. The zero-order valence-corrected chi connectivity index (χ0v) is 21.1. The molecule has 1 atom stereocenters. The van der Waals surface area contributed by atoms with Gasteiger partial charge in [0.2, 0.25) is 21.8 Å². The standard InChI is InChI=1S/C25H34FN3O4S/c1-5-15-27-25(31)20(3)28(18-21-9-6-8-19(2)17-21)24(30)10-7-16-29(34(4,32)33)23-13-11-22(26)12-14-23/h6,8-9,11-14,17,20H,5,7,10,15-16,18H2,1-4H3,(H,27,31)/t20-/m0/s1. The van der Waals surface area contributed by atoms with Gasteiger partial charge >= 0.3 is 0 Å². The van der Waals surface area contributed by atoms with Gasteiger partial charge in [-0.25, -0.2) is 12.8 Å². The van der Waals surface area contributed by atoms with Gasteiger partial charge in [0.05, 0.1) is 11.9 Å². The summed E-state index contributed by atoms with van der Waals surface area (Å²) < 4.78 is 39.0. The molecule has 0 saturated heterocycles. The molecule has 0 aliphatic rings. The molecule has 2 aromatic rings. The SMILES string of the molecule is CCCNC(=O)[C@H](C)N(Cc1cccc(C)c1)C(=O)CCCN(c1ccc(F)cc1)S(C)(=O)=O. The molecule has 0 radical (unpaired) electrons. The summed E-state index contributed by atoms with van der Waals surface area (Å²) >= 11 is 0. The van der Waals surface area contributed by atoms with Crippen molar-refractivity contribution in [2.24, 2.45) is 0 Å². The Morgan fingerprint density at radius 2 is 1.79 bits per heavy atom. The van der Waals surface area contributed by atoms with Crippen LogP contribution in [0.3, 0.4) is 0 Å². The highest BCUT2D eigenvalue weighted by atomic mass is 32.2. The Kier molecular flexibility index (Phi) is 10.0. The monoisotopic (exact) mass is 491 g/mol. The molecule has 2 amide bonds. The highest BCUT2D eigenvalue weighted by Gasteiger charge is 2.26. The fourth-order valence-corrected chi connectivity index (χ4v) is 4.56. The topological polar surface area (TPSA) is 86.8 Å². The van der Waals surface area contributed by atoms with Crippen LogP contribution in [0.4, 0.5) is 10.1 Å².